The molecule has 0 aromatic heterocycles. The van der Waals surface area contributed by atoms with Crippen molar-refractivity contribution >= 4 is 30.1 Å². The summed E-state index contributed by atoms with van der Waals surface area (Å²) >= 11 is 1.78. The number of nitrogens with one attached hydrogen (secondary N) is 1. The second-order valence-electron chi connectivity index (χ2n) is 4.48. The minimum absolute atomic E-state index is 0. The zero-order valence-corrected chi connectivity index (χ0v) is 11.6. The van der Waals surface area contributed by atoms with Gasteiger partial charge in [0.1, 0.15) is 0 Å². The molecule has 0 aromatic rings. The third-order valence-electron chi connectivity index (χ3n) is 2.04. The predicted molar refractivity (Wildman–Crippen MR) is 70.7 cm³/mol. The molecule has 0 saturated carbocycles. The van der Waals surface area contributed by atoms with Crippen LogP contribution >= 0.6 is 24.2 Å². The van der Waals surface area contributed by atoms with Gasteiger partial charge < -0.3 is 11.1 Å². The fourth-order valence-electron chi connectivity index (χ4n) is 0.931. The molecule has 5 heteroatoms. The van der Waals surface area contributed by atoms with Crippen molar-refractivity contribution in [1.29, 1.82) is 0 Å². The topological polar surface area (TPSA) is 55.1 Å². The van der Waals surface area contributed by atoms with Crippen molar-refractivity contribution < 1.29 is 4.79 Å². The summed E-state index contributed by atoms with van der Waals surface area (Å²) in [5.41, 5.74) is 5.63. The number of hydrogen-bond donors (Lipinski definition) is 2. The van der Waals surface area contributed by atoms with Crippen LogP contribution in [0.3, 0.4) is 0 Å². The number of thioether (sulfide) groups is 1. The Hall–Kier alpha value is 0.0700. The maximum atomic E-state index is 11.5. The summed E-state index contributed by atoms with van der Waals surface area (Å²) in [6, 6.07) is -0.420. The van der Waals surface area contributed by atoms with Crippen molar-refractivity contribution in [2.45, 2.75) is 33.2 Å². The summed E-state index contributed by atoms with van der Waals surface area (Å²) in [6.07, 6.45) is 3.06. The molecule has 0 aliphatic heterocycles. The average Bonchev–Trinajstić information content (AvgIpc) is 2.09. The van der Waals surface area contributed by atoms with Crippen LogP contribution in [0.4, 0.5) is 0 Å². The molecule has 0 aliphatic rings. The summed E-state index contributed by atoms with van der Waals surface area (Å²) in [5, 5.41) is 2.85. The normalized spacial score (nSPS) is 12.9. The summed E-state index contributed by atoms with van der Waals surface area (Å²) in [7, 11) is 0. The Labute approximate surface area is 103 Å². The van der Waals surface area contributed by atoms with E-state index in [1.54, 1.807) is 11.8 Å². The lowest BCUT2D eigenvalue weighted by Gasteiger charge is -2.25. The quantitative estimate of drug-likeness (QED) is 0.734. The van der Waals surface area contributed by atoms with E-state index in [-0.39, 0.29) is 23.7 Å². The molecule has 0 unspecified atom stereocenters. The van der Waals surface area contributed by atoms with Gasteiger partial charge in [-0.15, -0.1) is 12.4 Å². The van der Waals surface area contributed by atoms with E-state index in [1.807, 2.05) is 20.8 Å². The Bertz CT molecular complexity index is 183. The van der Waals surface area contributed by atoms with Gasteiger partial charge in [0, 0.05) is 6.54 Å². The average molecular weight is 255 g/mol. The molecule has 3 nitrogen and oxygen atoms in total. The minimum atomic E-state index is -0.420. The number of hydrogen-bond acceptors (Lipinski definition) is 3. The smallest absolute Gasteiger partial charge is 0.237 e. The standard InChI is InChI=1S/C10H22N2OS.ClH/c1-10(2,3)8(11)9(13)12-6-5-7-14-4;/h8H,5-7,11H2,1-4H3,(H,12,13);1H/t8-;/m1./s1. The lowest BCUT2D eigenvalue weighted by molar-refractivity contribution is -0.124. The maximum Gasteiger partial charge on any atom is 0.237 e. The van der Waals surface area contributed by atoms with Gasteiger partial charge in [-0.05, 0) is 23.8 Å². The van der Waals surface area contributed by atoms with Gasteiger partial charge in [-0.3, -0.25) is 4.79 Å². The van der Waals surface area contributed by atoms with Crippen LogP contribution in [0.2, 0.25) is 0 Å². The minimum Gasteiger partial charge on any atom is -0.355 e. The maximum absolute atomic E-state index is 11.5. The molecule has 0 heterocycles. The fourth-order valence-corrected chi connectivity index (χ4v) is 1.36. The zero-order valence-electron chi connectivity index (χ0n) is 10.0. The molecule has 0 bridgehead atoms. The third kappa shape index (κ3) is 7.94. The lowest BCUT2D eigenvalue weighted by Crippen LogP contribution is -2.48. The molecule has 1 amide bonds. The second kappa shape index (κ2) is 8.25. The predicted octanol–water partition coefficient (Wildman–Crippen LogP) is 1.65. The first-order valence-corrected chi connectivity index (χ1v) is 6.31. The van der Waals surface area contributed by atoms with Crippen LogP contribution in [0.25, 0.3) is 0 Å². The molecular formula is C10H23ClN2OS. The van der Waals surface area contributed by atoms with E-state index in [0.29, 0.717) is 0 Å². The Morgan fingerprint density at radius 1 is 1.47 bits per heavy atom. The van der Waals surface area contributed by atoms with Crippen LogP contribution in [-0.4, -0.2) is 30.5 Å². The van der Waals surface area contributed by atoms with Gasteiger partial charge in [0.25, 0.3) is 0 Å². The largest absolute Gasteiger partial charge is 0.355 e. The number of rotatable bonds is 5. The van der Waals surface area contributed by atoms with E-state index >= 15 is 0 Å². The van der Waals surface area contributed by atoms with Crippen molar-refractivity contribution in [2.24, 2.45) is 11.1 Å². The van der Waals surface area contributed by atoms with E-state index in [9.17, 15) is 4.79 Å². The van der Waals surface area contributed by atoms with Gasteiger partial charge >= 0.3 is 0 Å². The number of halogens is 1. The van der Waals surface area contributed by atoms with Gasteiger partial charge in [-0.2, -0.15) is 11.8 Å². The van der Waals surface area contributed by atoms with Crippen molar-refractivity contribution in [2.75, 3.05) is 18.6 Å². The SMILES string of the molecule is CSCCCNC(=O)[C@@H](N)C(C)(C)C.Cl. The summed E-state index contributed by atoms with van der Waals surface area (Å²) < 4.78 is 0. The zero-order chi connectivity index (χ0) is 11.2. The molecule has 92 valence electrons. The van der Waals surface area contributed by atoms with Gasteiger partial charge in [0.05, 0.1) is 6.04 Å². The van der Waals surface area contributed by atoms with Gasteiger partial charge in [-0.1, -0.05) is 20.8 Å². The molecule has 0 saturated heterocycles. The molecule has 0 aromatic carbocycles. The highest BCUT2D eigenvalue weighted by Crippen LogP contribution is 2.16. The highest BCUT2D eigenvalue weighted by atomic mass is 35.5. The van der Waals surface area contributed by atoms with Crippen molar-refractivity contribution in [3.63, 3.8) is 0 Å². The van der Waals surface area contributed by atoms with E-state index in [0.717, 1.165) is 18.7 Å². The van der Waals surface area contributed by atoms with E-state index in [4.69, 9.17) is 5.73 Å². The van der Waals surface area contributed by atoms with Crippen LogP contribution in [0, 0.1) is 5.41 Å². The number of amides is 1. The first kappa shape index (κ1) is 17.5. The molecule has 0 fully saturated rings. The molecule has 15 heavy (non-hydrogen) atoms. The highest BCUT2D eigenvalue weighted by Gasteiger charge is 2.26. The lowest BCUT2D eigenvalue weighted by atomic mass is 9.87. The first-order valence-electron chi connectivity index (χ1n) is 4.92. The number of carbonyl (C=O) groups is 1. The number of nitrogens with two attached hydrogens (primary N) is 1. The van der Waals surface area contributed by atoms with Gasteiger partial charge in [-0.25, -0.2) is 0 Å². The van der Waals surface area contributed by atoms with Crippen LogP contribution < -0.4 is 11.1 Å². The summed E-state index contributed by atoms with van der Waals surface area (Å²) in [5.74, 6) is 1.03. The monoisotopic (exact) mass is 254 g/mol. The molecule has 0 radical (unpaired) electrons. The van der Waals surface area contributed by atoms with Gasteiger partial charge in [0.2, 0.25) is 5.91 Å². The second-order valence-corrected chi connectivity index (χ2v) is 5.47. The Morgan fingerprint density at radius 2 is 2.00 bits per heavy atom. The highest BCUT2D eigenvalue weighted by molar-refractivity contribution is 7.98. The fraction of sp³-hybridized carbons (Fsp3) is 0.900. The van der Waals surface area contributed by atoms with Crippen LogP contribution in [0.15, 0.2) is 0 Å². The molecule has 0 rings (SSSR count). The van der Waals surface area contributed by atoms with Crippen molar-refractivity contribution in [1.82, 2.24) is 5.32 Å². The van der Waals surface area contributed by atoms with Gasteiger partial charge in [0.15, 0.2) is 0 Å². The molecule has 0 spiro atoms. The van der Waals surface area contributed by atoms with E-state index in [2.05, 4.69) is 11.6 Å². The molecule has 0 aliphatic carbocycles. The van der Waals surface area contributed by atoms with Crippen LogP contribution in [0.1, 0.15) is 27.2 Å². The third-order valence-corrected chi connectivity index (χ3v) is 2.74. The summed E-state index contributed by atoms with van der Waals surface area (Å²) in [4.78, 5) is 11.5. The first-order chi connectivity index (χ1) is 6.39. The Kier molecular flexibility index (Phi) is 9.60. The van der Waals surface area contributed by atoms with E-state index in [1.165, 1.54) is 0 Å². The van der Waals surface area contributed by atoms with Crippen molar-refractivity contribution in [3.05, 3.63) is 0 Å². The number of carbonyl (C=O) groups excluding carboxylic acids is 1. The van der Waals surface area contributed by atoms with Crippen LogP contribution in [-0.2, 0) is 4.79 Å². The Balaban J connectivity index is 0. The Morgan fingerprint density at radius 3 is 2.40 bits per heavy atom. The molecule has 1 atom stereocenters. The molecule has 3 N–H and O–H groups in total. The van der Waals surface area contributed by atoms with E-state index < -0.39 is 6.04 Å². The summed E-state index contributed by atoms with van der Waals surface area (Å²) in [6.45, 7) is 6.64. The van der Waals surface area contributed by atoms with Crippen LogP contribution in [0.5, 0.6) is 0 Å². The molecular weight excluding hydrogens is 232 g/mol. The van der Waals surface area contributed by atoms with Crippen molar-refractivity contribution in [3.8, 4) is 0 Å².